The van der Waals surface area contributed by atoms with E-state index in [9.17, 15) is 18.6 Å². The van der Waals surface area contributed by atoms with E-state index in [-0.39, 0.29) is 0 Å². The third-order valence-electron chi connectivity index (χ3n) is 3.67. The summed E-state index contributed by atoms with van der Waals surface area (Å²) >= 11 is 0. The van der Waals surface area contributed by atoms with Crippen LogP contribution >= 0.6 is 7.52 Å². The number of rotatable bonds is 7. The van der Waals surface area contributed by atoms with Crippen molar-refractivity contribution in [3.8, 4) is 0 Å². The normalized spacial score (nSPS) is 21.1. The summed E-state index contributed by atoms with van der Waals surface area (Å²) < 4.78 is 25.5. The number of benzene rings is 1. The van der Waals surface area contributed by atoms with Gasteiger partial charge in [0.1, 0.15) is 11.5 Å². The zero-order valence-electron chi connectivity index (χ0n) is 13.1. The van der Waals surface area contributed by atoms with Gasteiger partial charge in [0.2, 0.25) is 0 Å². The summed E-state index contributed by atoms with van der Waals surface area (Å²) in [6.45, 7) is 2.85. The molecule has 0 aromatic heterocycles. The van der Waals surface area contributed by atoms with Crippen molar-refractivity contribution in [3.05, 3.63) is 30.1 Å². The van der Waals surface area contributed by atoms with Gasteiger partial charge in [-0.15, -0.1) is 0 Å². The third-order valence-corrected chi connectivity index (χ3v) is 5.57. The lowest BCUT2D eigenvalue weighted by atomic mass is 10.1. The summed E-state index contributed by atoms with van der Waals surface area (Å²) in [4.78, 5) is 28.0. The highest BCUT2D eigenvalue weighted by Crippen LogP contribution is 2.49. The van der Waals surface area contributed by atoms with E-state index in [1.54, 1.807) is 0 Å². The van der Waals surface area contributed by atoms with Crippen LogP contribution in [-0.2, 0) is 14.2 Å². The number of carbonyl (C=O) groups is 1. The lowest BCUT2D eigenvalue weighted by Crippen LogP contribution is -2.44. The number of hydroxylamine groups is 2. The fraction of sp³-hybridized carbons (Fsp3) is 0.533. The Labute approximate surface area is 135 Å². The molecule has 2 rings (SSSR count). The molecule has 2 unspecified atom stereocenters. The summed E-state index contributed by atoms with van der Waals surface area (Å²) in [5.41, 5.74) is -0.753. The Balaban J connectivity index is 2.04. The molecule has 1 amide bonds. The van der Waals surface area contributed by atoms with Gasteiger partial charge < -0.3 is 9.98 Å². The van der Waals surface area contributed by atoms with Gasteiger partial charge in [0.05, 0.1) is 6.61 Å². The Morgan fingerprint density at radius 3 is 2.78 bits per heavy atom. The summed E-state index contributed by atoms with van der Waals surface area (Å²) in [6, 6.07) is 5.10. The zero-order chi connectivity index (χ0) is 16.9. The maximum atomic E-state index is 12.9. The van der Waals surface area contributed by atoms with Gasteiger partial charge in [0, 0.05) is 12.2 Å². The molecule has 8 heteroatoms. The lowest BCUT2D eigenvalue weighted by Gasteiger charge is -2.33. The molecule has 128 valence electrons. The molecule has 0 aliphatic carbocycles. The van der Waals surface area contributed by atoms with Crippen LogP contribution < -0.4 is 5.09 Å². The highest BCUT2D eigenvalue weighted by Gasteiger charge is 2.42. The number of halogens is 1. The number of anilines is 1. The molecule has 0 spiro atoms. The monoisotopic (exact) mass is 344 g/mol. The molecule has 1 heterocycles. The first-order chi connectivity index (χ1) is 10.9. The zero-order valence-corrected chi connectivity index (χ0v) is 14.0. The number of hydrogen-bond acceptors (Lipinski definition) is 3. The van der Waals surface area contributed by atoms with Crippen LogP contribution in [0.15, 0.2) is 24.3 Å². The van der Waals surface area contributed by atoms with Crippen molar-refractivity contribution in [1.29, 1.82) is 0 Å². The molecule has 6 nitrogen and oxygen atoms in total. The van der Waals surface area contributed by atoms with Crippen LogP contribution in [0.4, 0.5) is 10.1 Å². The van der Waals surface area contributed by atoms with Gasteiger partial charge >= 0.3 is 7.52 Å². The van der Waals surface area contributed by atoms with Gasteiger partial charge in [0.25, 0.3) is 5.91 Å². The smallest absolute Gasteiger partial charge is 0.303 e. The standard InChI is InChI=1S/C15H22FN2O4P/c1-2-3-11-22-18-10-4-5-14(15(18)19)23(20,21)17-13-8-6-12(16)7-9-13/h6-9,14H,2-5,10-11H2,1H3,(H2,17,20,21). The van der Waals surface area contributed by atoms with Crippen molar-refractivity contribution < 1.29 is 23.5 Å². The highest BCUT2D eigenvalue weighted by molar-refractivity contribution is 7.61. The van der Waals surface area contributed by atoms with Crippen molar-refractivity contribution in [2.45, 2.75) is 38.3 Å². The van der Waals surface area contributed by atoms with Crippen LogP contribution in [0.3, 0.4) is 0 Å². The van der Waals surface area contributed by atoms with Crippen LogP contribution in [-0.4, -0.2) is 34.7 Å². The molecule has 1 aromatic carbocycles. The molecule has 2 N–H and O–H groups in total. The van der Waals surface area contributed by atoms with E-state index in [1.807, 2.05) is 6.92 Å². The average molecular weight is 344 g/mol. The minimum atomic E-state index is -3.98. The number of hydrogen-bond donors (Lipinski definition) is 2. The van der Waals surface area contributed by atoms with Gasteiger partial charge in [-0.1, -0.05) is 13.3 Å². The topological polar surface area (TPSA) is 78.9 Å². The fourth-order valence-electron chi connectivity index (χ4n) is 2.39. The summed E-state index contributed by atoms with van der Waals surface area (Å²) in [7, 11) is -3.98. The Morgan fingerprint density at radius 2 is 2.13 bits per heavy atom. The fourth-order valence-corrected chi connectivity index (χ4v) is 4.02. The van der Waals surface area contributed by atoms with E-state index in [2.05, 4.69) is 5.09 Å². The van der Waals surface area contributed by atoms with Gasteiger partial charge in [-0.25, -0.2) is 9.45 Å². The highest BCUT2D eigenvalue weighted by atomic mass is 31.2. The van der Waals surface area contributed by atoms with Crippen molar-refractivity contribution in [3.63, 3.8) is 0 Å². The van der Waals surface area contributed by atoms with Crippen LogP contribution in [0, 0.1) is 5.82 Å². The molecule has 2 atom stereocenters. The summed E-state index contributed by atoms with van der Waals surface area (Å²) in [5, 5.41) is 3.67. The summed E-state index contributed by atoms with van der Waals surface area (Å²) in [5.74, 6) is -0.916. The lowest BCUT2D eigenvalue weighted by molar-refractivity contribution is -0.191. The third kappa shape index (κ3) is 4.77. The predicted octanol–water partition coefficient (Wildman–Crippen LogP) is 3.15. The molecule has 0 radical (unpaired) electrons. The predicted molar refractivity (Wildman–Crippen MR) is 85.4 cm³/mol. The molecular formula is C15H22FN2O4P. The Kier molecular flexibility index (Phi) is 6.16. The van der Waals surface area contributed by atoms with E-state index in [1.165, 1.54) is 29.3 Å². The Bertz CT molecular complexity index is 581. The summed E-state index contributed by atoms with van der Waals surface area (Å²) in [6.07, 6.45) is 2.67. The van der Waals surface area contributed by atoms with Gasteiger partial charge in [-0.2, -0.15) is 0 Å². The second-order valence-electron chi connectivity index (χ2n) is 5.53. The van der Waals surface area contributed by atoms with Gasteiger partial charge in [-0.05, 0) is 43.5 Å². The first-order valence-corrected chi connectivity index (χ1v) is 9.47. The molecule has 23 heavy (non-hydrogen) atoms. The van der Waals surface area contributed by atoms with Crippen molar-refractivity contribution in [2.75, 3.05) is 18.2 Å². The number of piperidine rings is 1. The minimum Gasteiger partial charge on any atom is -0.329 e. The van der Waals surface area contributed by atoms with Crippen molar-refractivity contribution >= 4 is 19.1 Å². The number of carbonyl (C=O) groups excluding carboxylic acids is 1. The van der Waals surface area contributed by atoms with Crippen molar-refractivity contribution in [1.82, 2.24) is 5.06 Å². The maximum Gasteiger partial charge on any atom is 0.303 e. The van der Waals surface area contributed by atoms with Crippen molar-refractivity contribution in [2.24, 2.45) is 0 Å². The second-order valence-corrected chi connectivity index (χ2v) is 7.62. The van der Waals surface area contributed by atoms with E-state index >= 15 is 0 Å². The SMILES string of the molecule is CCCCON1CCCC(P(=O)(O)Nc2ccc(F)cc2)C1=O. The number of amides is 1. The maximum absolute atomic E-state index is 12.9. The van der Waals surface area contributed by atoms with Crippen LogP contribution in [0.2, 0.25) is 0 Å². The first kappa shape index (κ1) is 17.9. The number of nitrogens with zero attached hydrogens (tertiary/aromatic N) is 1. The van der Waals surface area contributed by atoms with E-state index in [0.29, 0.717) is 31.7 Å². The van der Waals surface area contributed by atoms with Gasteiger partial charge in [-0.3, -0.25) is 14.2 Å². The van der Waals surface area contributed by atoms with E-state index in [4.69, 9.17) is 4.84 Å². The minimum absolute atomic E-state index is 0.300. The van der Waals surface area contributed by atoms with Crippen LogP contribution in [0.5, 0.6) is 0 Å². The Hall–Kier alpha value is -1.43. The average Bonchev–Trinajstić information content (AvgIpc) is 2.51. The largest absolute Gasteiger partial charge is 0.329 e. The molecular weight excluding hydrogens is 322 g/mol. The van der Waals surface area contributed by atoms with E-state index < -0.39 is 24.9 Å². The number of nitrogens with one attached hydrogen (secondary N) is 1. The second kappa shape index (κ2) is 7.90. The first-order valence-electron chi connectivity index (χ1n) is 7.74. The molecule has 0 saturated carbocycles. The van der Waals surface area contributed by atoms with Gasteiger partial charge in [0.15, 0.2) is 0 Å². The quantitative estimate of drug-likeness (QED) is 0.587. The van der Waals surface area contributed by atoms with E-state index in [0.717, 1.165) is 12.8 Å². The van der Waals surface area contributed by atoms with Crippen LogP contribution in [0.1, 0.15) is 32.6 Å². The molecule has 1 fully saturated rings. The molecule has 1 aliphatic rings. The molecule has 1 aliphatic heterocycles. The number of unbranched alkanes of at least 4 members (excludes halogenated alkanes) is 1. The van der Waals surface area contributed by atoms with Crippen LogP contribution in [0.25, 0.3) is 0 Å². The molecule has 1 aromatic rings. The molecule has 1 saturated heterocycles. The molecule has 0 bridgehead atoms. The Morgan fingerprint density at radius 1 is 1.43 bits per heavy atom.